The number of carbonyl (C=O) groups excluding carboxylic acids is 2. The van der Waals surface area contributed by atoms with Crippen molar-refractivity contribution in [2.45, 2.75) is 32.0 Å². The summed E-state index contributed by atoms with van der Waals surface area (Å²) in [6, 6.07) is 13.5. The van der Waals surface area contributed by atoms with Crippen molar-refractivity contribution in [1.82, 2.24) is 9.88 Å². The molecule has 1 saturated heterocycles. The highest BCUT2D eigenvalue weighted by Crippen LogP contribution is 2.41. The van der Waals surface area contributed by atoms with E-state index in [1.54, 1.807) is 42.7 Å². The molecule has 2 aliphatic heterocycles. The number of rotatable bonds is 4. The molecule has 0 unspecified atom stereocenters. The standard InChI is InChI=1S/C26H21FN2O4/c1-15-11-19-12-18(6-9-21(19)33-15)24(30)22-23(17-4-7-20(27)8-5-17)29(26(32)25(22)31)14-16-3-2-10-28-13-16/h2-10,12-13,15,23,30H,11,14H2,1H3/t15-,23+/m1/s1. The van der Waals surface area contributed by atoms with E-state index in [0.717, 1.165) is 16.9 Å². The highest BCUT2D eigenvalue weighted by Gasteiger charge is 2.46. The van der Waals surface area contributed by atoms with Gasteiger partial charge in [-0.05, 0) is 60.0 Å². The van der Waals surface area contributed by atoms with Crippen molar-refractivity contribution in [3.05, 3.63) is 101 Å². The number of hydrogen-bond donors (Lipinski definition) is 1. The van der Waals surface area contributed by atoms with Crippen LogP contribution in [-0.2, 0) is 22.6 Å². The summed E-state index contributed by atoms with van der Waals surface area (Å²) in [5.41, 5.74) is 2.59. The van der Waals surface area contributed by atoms with Crippen molar-refractivity contribution >= 4 is 17.4 Å². The number of halogens is 1. The summed E-state index contributed by atoms with van der Waals surface area (Å²) >= 11 is 0. The number of carbonyl (C=O) groups is 2. The lowest BCUT2D eigenvalue weighted by Crippen LogP contribution is -2.29. The second-order valence-corrected chi connectivity index (χ2v) is 8.29. The van der Waals surface area contributed by atoms with Crippen LogP contribution >= 0.6 is 0 Å². The lowest BCUT2D eigenvalue weighted by atomic mass is 9.94. The van der Waals surface area contributed by atoms with Crippen LogP contribution in [0.4, 0.5) is 4.39 Å². The van der Waals surface area contributed by atoms with Crippen LogP contribution in [0, 0.1) is 5.82 Å². The van der Waals surface area contributed by atoms with Crippen LogP contribution in [0.5, 0.6) is 5.75 Å². The molecule has 33 heavy (non-hydrogen) atoms. The number of pyridine rings is 1. The van der Waals surface area contributed by atoms with E-state index in [1.165, 1.54) is 29.2 Å². The molecule has 3 aromatic rings. The number of benzene rings is 2. The van der Waals surface area contributed by atoms with E-state index in [1.807, 2.05) is 6.92 Å². The minimum atomic E-state index is -0.866. The van der Waals surface area contributed by atoms with E-state index >= 15 is 0 Å². The van der Waals surface area contributed by atoms with Gasteiger partial charge in [0.25, 0.3) is 11.7 Å². The number of nitrogens with zero attached hydrogens (tertiary/aromatic N) is 2. The van der Waals surface area contributed by atoms with Gasteiger partial charge in [0.15, 0.2) is 0 Å². The molecule has 6 nitrogen and oxygen atoms in total. The van der Waals surface area contributed by atoms with Crippen molar-refractivity contribution < 1.29 is 23.8 Å². The summed E-state index contributed by atoms with van der Waals surface area (Å²) in [6.45, 7) is 2.07. The average molecular weight is 444 g/mol. The van der Waals surface area contributed by atoms with E-state index in [0.29, 0.717) is 17.5 Å². The van der Waals surface area contributed by atoms with Gasteiger partial charge in [-0.25, -0.2) is 4.39 Å². The summed E-state index contributed by atoms with van der Waals surface area (Å²) < 4.78 is 19.3. The lowest BCUT2D eigenvalue weighted by molar-refractivity contribution is -0.140. The molecule has 0 saturated carbocycles. The zero-order chi connectivity index (χ0) is 23.1. The molecule has 1 fully saturated rings. The number of amides is 1. The summed E-state index contributed by atoms with van der Waals surface area (Å²) in [5, 5.41) is 11.2. The Morgan fingerprint density at radius 2 is 1.97 bits per heavy atom. The van der Waals surface area contributed by atoms with Crippen LogP contribution in [0.1, 0.15) is 35.2 Å². The van der Waals surface area contributed by atoms with E-state index in [2.05, 4.69) is 4.98 Å². The fraction of sp³-hybridized carbons (Fsp3) is 0.192. The van der Waals surface area contributed by atoms with Crippen molar-refractivity contribution in [2.75, 3.05) is 0 Å². The number of likely N-dealkylation sites (tertiary alicyclic amines) is 1. The zero-order valence-corrected chi connectivity index (χ0v) is 17.9. The number of aromatic nitrogens is 1. The Hall–Kier alpha value is -4.00. The molecular formula is C26H21FN2O4. The van der Waals surface area contributed by atoms with E-state index in [9.17, 15) is 19.1 Å². The van der Waals surface area contributed by atoms with Gasteiger partial charge in [0.2, 0.25) is 0 Å². The number of Topliss-reactive ketones (excluding diaryl/α,β-unsaturated/α-hetero) is 1. The molecule has 0 bridgehead atoms. The van der Waals surface area contributed by atoms with E-state index < -0.39 is 23.5 Å². The molecule has 7 heteroatoms. The topological polar surface area (TPSA) is 79.7 Å². The first-order valence-corrected chi connectivity index (χ1v) is 10.6. The minimum absolute atomic E-state index is 0.0255. The molecule has 2 aliphatic rings. The smallest absolute Gasteiger partial charge is 0.295 e. The van der Waals surface area contributed by atoms with Gasteiger partial charge in [-0.1, -0.05) is 18.2 Å². The Morgan fingerprint density at radius 1 is 1.18 bits per heavy atom. The van der Waals surface area contributed by atoms with Crippen molar-refractivity contribution in [2.24, 2.45) is 0 Å². The summed E-state index contributed by atoms with van der Waals surface area (Å²) in [7, 11) is 0. The van der Waals surface area contributed by atoms with Crippen LogP contribution in [-0.4, -0.2) is 32.8 Å². The monoisotopic (exact) mass is 444 g/mol. The van der Waals surface area contributed by atoms with Crippen molar-refractivity contribution in [3.63, 3.8) is 0 Å². The molecule has 0 aliphatic carbocycles. The predicted molar refractivity (Wildman–Crippen MR) is 119 cm³/mol. The highest BCUT2D eigenvalue weighted by atomic mass is 19.1. The maximum absolute atomic E-state index is 13.6. The van der Waals surface area contributed by atoms with Gasteiger partial charge in [0.1, 0.15) is 23.4 Å². The summed E-state index contributed by atoms with van der Waals surface area (Å²) in [5.74, 6) is -1.47. The molecular weight excluding hydrogens is 423 g/mol. The molecule has 1 amide bonds. The maximum Gasteiger partial charge on any atom is 0.295 e. The third-order valence-corrected chi connectivity index (χ3v) is 5.97. The van der Waals surface area contributed by atoms with Crippen molar-refractivity contribution in [1.29, 1.82) is 0 Å². The SMILES string of the molecule is C[C@@H]1Cc2cc(C(O)=C3C(=O)C(=O)N(Cc4cccnc4)[C@H]3c3ccc(F)cc3)ccc2O1. The van der Waals surface area contributed by atoms with Crippen LogP contribution in [0.2, 0.25) is 0 Å². The Bertz CT molecular complexity index is 1270. The Morgan fingerprint density at radius 3 is 2.70 bits per heavy atom. The zero-order valence-electron chi connectivity index (χ0n) is 17.9. The van der Waals surface area contributed by atoms with Gasteiger partial charge >= 0.3 is 0 Å². The lowest BCUT2D eigenvalue weighted by Gasteiger charge is -2.25. The number of aliphatic hydroxyl groups is 1. The van der Waals surface area contributed by atoms with E-state index in [4.69, 9.17) is 4.74 Å². The summed E-state index contributed by atoms with van der Waals surface area (Å²) in [4.78, 5) is 31.6. The second-order valence-electron chi connectivity index (χ2n) is 8.29. The largest absolute Gasteiger partial charge is 0.507 e. The first-order chi connectivity index (χ1) is 15.9. The molecule has 5 rings (SSSR count). The fourth-order valence-electron chi connectivity index (χ4n) is 4.45. The van der Waals surface area contributed by atoms with Gasteiger partial charge in [-0.15, -0.1) is 0 Å². The average Bonchev–Trinajstić information content (AvgIpc) is 3.31. The predicted octanol–water partition coefficient (Wildman–Crippen LogP) is 4.17. The first kappa shape index (κ1) is 20.9. The normalized spacial score (nSPS) is 21.2. The Balaban J connectivity index is 1.62. The van der Waals surface area contributed by atoms with Gasteiger partial charge in [0.05, 0.1) is 11.6 Å². The Kier molecular flexibility index (Phi) is 5.17. The quantitative estimate of drug-likeness (QED) is 0.371. The Labute approximate surface area is 190 Å². The molecule has 2 aromatic carbocycles. The maximum atomic E-state index is 13.6. The minimum Gasteiger partial charge on any atom is -0.507 e. The molecule has 166 valence electrons. The molecule has 3 heterocycles. The third-order valence-electron chi connectivity index (χ3n) is 5.97. The van der Waals surface area contributed by atoms with Gasteiger partial charge in [-0.2, -0.15) is 0 Å². The van der Waals surface area contributed by atoms with Crippen LogP contribution in [0.3, 0.4) is 0 Å². The fourth-order valence-corrected chi connectivity index (χ4v) is 4.45. The number of ketones is 1. The third kappa shape index (κ3) is 3.75. The number of fused-ring (bicyclic) bond motifs is 1. The van der Waals surface area contributed by atoms with Crippen molar-refractivity contribution in [3.8, 4) is 5.75 Å². The molecule has 0 radical (unpaired) electrons. The van der Waals surface area contributed by atoms with Gasteiger partial charge in [0, 0.05) is 30.9 Å². The molecule has 1 aromatic heterocycles. The number of ether oxygens (including phenoxy) is 1. The molecule has 1 N–H and O–H groups in total. The highest BCUT2D eigenvalue weighted by molar-refractivity contribution is 6.46. The second kappa shape index (κ2) is 8.16. The van der Waals surface area contributed by atoms with Crippen LogP contribution in [0.25, 0.3) is 5.76 Å². The molecule has 2 atom stereocenters. The van der Waals surface area contributed by atoms with Gasteiger partial charge in [-0.3, -0.25) is 14.6 Å². The number of aliphatic hydroxyl groups excluding tert-OH is 1. The van der Waals surface area contributed by atoms with Crippen LogP contribution < -0.4 is 4.74 Å². The molecule has 0 spiro atoms. The first-order valence-electron chi connectivity index (χ1n) is 10.6. The van der Waals surface area contributed by atoms with E-state index in [-0.39, 0.29) is 24.0 Å². The summed E-state index contributed by atoms with van der Waals surface area (Å²) in [6.07, 6.45) is 3.95. The number of hydrogen-bond acceptors (Lipinski definition) is 5. The van der Waals surface area contributed by atoms with Crippen LogP contribution in [0.15, 0.2) is 72.6 Å². The van der Waals surface area contributed by atoms with Gasteiger partial charge < -0.3 is 14.7 Å².